The van der Waals surface area contributed by atoms with Gasteiger partial charge in [-0.15, -0.1) is 0 Å². The molecular weight excluding hydrogens is 493 g/mol. The Kier molecular flexibility index (Phi) is 6.93. The molecule has 32 heavy (non-hydrogen) atoms. The van der Waals surface area contributed by atoms with Crippen molar-refractivity contribution in [3.63, 3.8) is 0 Å². The molecule has 1 amide bonds. The number of aryl methyl sites for hydroxylation is 1. The lowest BCUT2D eigenvalue weighted by atomic mass is 10.1. The first kappa shape index (κ1) is 23.4. The van der Waals surface area contributed by atoms with E-state index >= 15 is 0 Å². The molecule has 0 saturated heterocycles. The Bertz CT molecular complexity index is 1230. The number of para-hydroxylation sites is 1. The third kappa shape index (κ3) is 4.80. The molecule has 0 fully saturated rings. The van der Waals surface area contributed by atoms with Crippen LogP contribution in [0, 0.1) is 24.4 Å². The first-order valence-electron chi connectivity index (χ1n) is 9.30. The fraction of sp³-hybridized carbons (Fsp3) is 0.182. The maximum atomic E-state index is 14.2. The highest BCUT2D eigenvalue weighted by Crippen LogP contribution is 2.27. The van der Waals surface area contributed by atoms with E-state index in [1.807, 2.05) is 0 Å². The molecule has 2 aromatic carbocycles. The molecule has 1 heterocycles. The molecule has 0 aliphatic heterocycles. The average Bonchev–Trinajstić information content (AvgIpc) is 2.72. The number of amides is 1. The number of hydrogen-bond acceptors (Lipinski definition) is 3. The van der Waals surface area contributed by atoms with Crippen LogP contribution in [0.4, 0.5) is 18.0 Å². The smallest absolute Gasteiger partial charge is 0.407 e. The minimum atomic E-state index is -1.18. The number of rotatable bonds is 6. The third-order valence-electron chi connectivity index (χ3n) is 4.75. The fourth-order valence-corrected chi connectivity index (χ4v) is 3.53. The molecule has 0 aliphatic carbocycles. The Morgan fingerprint density at radius 1 is 1.12 bits per heavy atom. The molecule has 0 radical (unpaired) electrons. The number of carbonyl (C=O) groups is 1. The summed E-state index contributed by atoms with van der Waals surface area (Å²) in [5.74, 6) is -2.21. The Morgan fingerprint density at radius 2 is 1.78 bits per heavy atom. The predicted molar refractivity (Wildman–Crippen MR) is 115 cm³/mol. The van der Waals surface area contributed by atoms with Crippen LogP contribution in [0.25, 0.3) is 5.69 Å². The van der Waals surface area contributed by atoms with Crippen molar-refractivity contribution < 1.29 is 27.8 Å². The molecule has 168 valence electrons. The molecule has 0 unspecified atom stereocenters. The maximum Gasteiger partial charge on any atom is 0.407 e. The number of benzene rings is 2. The number of hydrogen-bond donors (Lipinski definition) is 1. The largest absolute Gasteiger partial charge is 0.487 e. The van der Waals surface area contributed by atoms with E-state index in [-0.39, 0.29) is 29.1 Å². The normalized spacial score (nSPS) is 10.8. The maximum absolute atomic E-state index is 14.2. The highest BCUT2D eigenvalue weighted by molar-refractivity contribution is 9.10. The van der Waals surface area contributed by atoms with E-state index in [2.05, 4.69) is 15.9 Å². The van der Waals surface area contributed by atoms with Gasteiger partial charge in [0.15, 0.2) is 0 Å². The van der Waals surface area contributed by atoms with E-state index < -0.39 is 34.8 Å². The summed E-state index contributed by atoms with van der Waals surface area (Å²) in [7, 11) is 1.35. The molecule has 0 spiro atoms. The summed E-state index contributed by atoms with van der Waals surface area (Å²) >= 11 is 3.13. The van der Waals surface area contributed by atoms with Crippen LogP contribution in [0.1, 0.15) is 16.8 Å². The van der Waals surface area contributed by atoms with Crippen molar-refractivity contribution in [1.82, 2.24) is 9.47 Å². The van der Waals surface area contributed by atoms with Crippen LogP contribution in [-0.2, 0) is 13.2 Å². The van der Waals surface area contributed by atoms with Gasteiger partial charge in [-0.2, -0.15) is 0 Å². The predicted octanol–water partition coefficient (Wildman–Crippen LogP) is 5.01. The summed E-state index contributed by atoms with van der Waals surface area (Å²) in [5.41, 5.74) is -0.103. The van der Waals surface area contributed by atoms with Gasteiger partial charge in [-0.25, -0.2) is 18.0 Å². The molecule has 0 saturated carbocycles. The molecule has 10 heteroatoms. The SMILES string of the molecule is Cc1cc(OCc2ccc(F)cc2CN(C)C(=O)O)c(Br)c(=O)n1-c1c(F)cccc1F. The van der Waals surface area contributed by atoms with Gasteiger partial charge in [0.2, 0.25) is 0 Å². The zero-order valence-electron chi connectivity index (χ0n) is 17.0. The van der Waals surface area contributed by atoms with Crippen LogP contribution < -0.4 is 10.3 Å². The first-order chi connectivity index (χ1) is 15.1. The number of pyridine rings is 1. The van der Waals surface area contributed by atoms with Crippen LogP contribution in [0.3, 0.4) is 0 Å². The lowest BCUT2D eigenvalue weighted by Gasteiger charge is -2.18. The summed E-state index contributed by atoms with van der Waals surface area (Å²) in [6.45, 7) is 1.33. The van der Waals surface area contributed by atoms with Gasteiger partial charge in [0.1, 0.15) is 40.0 Å². The number of halogens is 4. The zero-order chi connectivity index (χ0) is 23.6. The van der Waals surface area contributed by atoms with Crippen LogP contribution in [-0.4, -0.2) is 27.7 Å². The lowest BCUT2D eigenvalue weighted by Crippen LogP contribution is -2.25. The van der Waals surface area contributed by atoms with Gasteiger partial charge in [0.25, 0.3) is 5.56 Å². The summed E-state index contributed by atoms with van der Waals surface area (Å²) in [4.78, 5) is 24.9. The van der Waals surface area contributed by atoms with Crippen molar-refractivity contribution in [3.05, 3.63) is 91.6 Å². The summed E-state index contributed by atoms with van der Waals surface area (Å²) in [5, 5.41) is 9.07. The van der Waals surface area contributed by atoms with Gasteiger partial charge < -0.3 is 14.7 Å². The number of aromatic nitrogens is 1. The Hall–Kier alpha value is -3.27. The van der Waals surface area contributed by atoms with E-state index in [1.165, 1.54) is 44.3 Å². The van der Waals surface area contributed by atoms with E-state index in [9.17, 15) is 22.8 Å². The number of carboxylic acid groups (broad SMARTS) is 1. The van der Waals surface area contributed by atoms with Crippen molar-refractivity contribution in [1.29, 1.82) is 0 Å². The highest BCUT2D eigenvalue weighted by Gasteiger charge is 2.19. The molecular formula is C22H18BrF3N2O4. The van der Waals surface area contributed by atoms with Crippen LogP contribution in [0.5, 0.6) is 5.75 Å². The van der Waals surface area contributed by atoms with Gasteiger partial charge in [-0.05, 0) is 58.2 Å². The highest BCUT2D eigenvalue weighted by atomic mass is 79.9. The number of ether oxygens (including phenoxy) is 1. The standard InChI is InChI=1S/C22H18BrF3N2O4/c1-12-8-18(19(23)21(29)28(12)20-16(25)4-3-5-17(20)26)32-11-13-6-7-15(24)9-14(13)10-27(2)22(30)31/h3-9H,10-11H2,1-2H3,(H,30,31). The summed E-state index contributed by atoms with van der Waals surface area (Å²) in [6.07, 6.45) is -1.18. The quantitative estimate of drug-likeness (QED) is 0.505. The summed E-state index contributed by atoms with van der Waals surface area (Å²) < 4.78 is 48.7. The fourth-order valence-electron chi connectivity index (χ4n) is 3.13. The van der Waals surface area contributed by atoms with Crippen molar-refractivity contribution >= 4 is 22.0 Å². The first-order valence-corrected chi connectivity index (χ1v) is 10.1. The van der Waals surface area contributed by atoms with Gasteiger partial charge >= 0.3 is 6.09 Å². The molecule has 3 rings (SSSR count). The molecule has 1 aromatic heterocycles. The topological polar surface area (TPSA) is 71.8 Å². The Morgan fingerprint density at radius 3 is 2.41 bits per heavy atom. The van der Waals surface area contributed by atoms with Crippen molar-refractivity contribution in [2.24, 2.45) is 0 Å². The monoisotopic (exact) mass is 510 g/mol. The minimum Gasteiger partial charge on any atom is -0.487 e. The van der Waals surface area contributed by atoms with Gasteiger partial charge in [-0.3, -0.25) is 9.36 Å². The van der Waals surface area contributed by atoms with E-state index in [0.29, 0.717) is 11.1 Å². The Labute approximate surface area is 189 Å². The van der Waals surface area contributed by atoms with Crippen LogP contribution >= 0.6 is 15.9 Å². The molecule has 1 N–H and O–H groups in total. The van der Waals surface area contributed by atoms with E-state index in [0.717, 1.165) is 21.6 Å². The third-order valence-corrected chi connectivity index (χ3v) is 5.48. The van der Waals surface area contributed by atoms with Crippen molar-refractivity contribution in [2.45, 2.75) is 20.1 Å². The summed E-state index contributed by atoms with van der Waals surface area (Å²) in [6, 6.07) is 8.60. The second-order valence-corrected chi connectivity index (χ2v) is 7.81. The molecule has 0 bridgehead atoms. The molecule has 0 atom stereocenters. The minimum absolute atomic E-state index is 0.0583. The van der Waals surface area contributed by atoms with Crippen LogP contribution in [0.2, 0.25) is 0 Å². The van der Waals surface area contributed by atoms with Crippen molar-refractivity contribution in [2.75, 3.05) is 7.05 Å². The second-order valence-electron chi connectivity index (χ2n) is 7.02. The molecule has 0 aliphatic rings. The van der Waals surface area contributed by atoms with E-state index in [1.54, 1.807) is 0 Å². The van der Waals surface area contributed by atoms with Crippen LogP contribution in [0.15, 0.2) is 51.7 Å². The second kappa shape index (κ2) is 9.47. The van der Waals surface area contributed by atoms with E-state index in [4.69, 9.17) is 9.84 Å². The van der Waals surface area contributed by atoms with Crippen molar-refractivity contribution in [3.8, 4) is 11.4 Å². The molecule has 3 aromatic rings. The molecule has 6 nitrogen and oxygen atoms in total. The Balaban J connectivity index is 1.94. The van der Waals surface area contributed by atoms with Gasteiger partial charge in [0, 0.05) is 25.4 Å². The van der Waals surface area contributed by atoms with Gasteiger partial charge in [-0.1, -0.05) is 12.1 Å². The lowest BCUT2D eigenvalue weighted by molar-refractivity contribution is 0.153. The average molecular weight is 511 g/mol. The number of nitrogens with zero attached hydrogens (tertiary/aromatic N) is 2. The zero-order valence-corrected chi connectivity index (χ0v) is 18.6. The van der Waals surface area contributed by atoms with Gasteiger partial charge in [0.05, 0.1) is 0 Å².